The lowest BCUT2D eigenvalue weighted by atomic mass is 9.99. The molecule has 2 rings (SSSR count). The van der Waals surface area contributed by atoms with Crippen LogP contribution in [0.4, 0.5) is 19.3 Å². The lowest BCUT2D eigenvalue weighted by Crippen LogP contribution is -2.39. The van der Waals surface area contributed by atoms with Crippen LogP contribution in [0.1, 0.15) is 38.8 Å². The zero-order valence-corrected chi connectivity index (χ0v) is 14.0. The van der Waals surface area contributed by atoms with E-state index in [-0.39, 0.29) is 6.09 Å². The van der Waals surface area contributed by atoms with Crippen molar-refractivity contribution >= 4 is 11.8 Å². The van der Waals surface area contributed by atoms with E-state index in [1.807, 2.05) is 32.9 Å². The first-order chi connectivity index (χ1) is 10.7. The fraction of sp³-hybridized carbons (Fsp3) is 0.588. The summed E-state index contributed by atoms with van der Waals surface area (Å²) < 4.78 is 30.7. The van der Waals surface area contributed by atoms with Crippen LogP contribution in [0.5, 0.6) is 0 Å². The highest BCUT2D eigenvalue weighted by Gasteiger charge is 2.26. The molecule has 1 amide bonds. The highest BCUT2D eigenvalue weighted by Crippen LogP contribution is 2.25. The zero-order valence-electron chi connectivity index (χ0n) is 14.0. The Kier molecular flexibility index (Phi) is 5.12. The summed E-state index contributed by atoms with van der Waals surface area (Å²) in [5.74, 6) is 0. The fourth-order valence-corrected chi connectivity index (χ4v) is 2.46. The fourth-order valence-electron chi connectivity index (χ4n) is 2.46. The number of halogens is 2. The van der Waals surface area contributed by atoms with Gasteiger partial charge < -0.3 is 15.0 Å². The first-order valence-electron chi connectivity index (χ1n) is 7.80. The van der Waals surface area contributed by atoms with Crippen LogP contribution in [-0.4, -0.2) is 35.6 Å². The number of amides is 1. The van der Waals surface area contributed by atoms with Gasteiger partial charge in [0.15, 0.2) is 0 Å². The van der Waals surface area contributed by atoms with Crippen molar-refractivity contribution in [2.45, 2.75) is 58.7 Å². The Morgan fingerprint density at radius 3 is 2.61 bits per heavy atom. The van der Waals surface area contributed by atoms with Crippen LogP contribution in [0, 0.1) is 0 Å². The molecule has 6 heteroatoms. The summed E-state index contributed by atoms with van der Waals surface area (Å²) in [4.78, 5) is 13.8. The molecule has 0 saturated heterocycles. The van der Waals surface area contributed by atoms with Crippen LogP contribution in [0.3, 0.4) is 0 Å². The summed E-state index contributed by atoms with van der Waals surface area (Å²) in [6, 6.07) is 4.66. The topological polar surface area (TPSA) is 41.6 Å². The second-order valence-corrected chi connectivity index (χ2v) is 6.90. The van der Waals surface area contributed by atoms with E-state index in [9.17, 15) is 13.6 Å². The molecule has 0 radical (unpaired) electrons. The van der Waals surface area contributed by atoms with E-state index in [1.165, 1.54) is 6.92 Å². The molecule has 1 aliphatic rings. The monoisotopic (exact) mass is 326 g/mol. The van der Waals surface area contributed by atoms with Crippen LogP contribution in [0.2, 0.25) is 0 Å². The van der Waals surface area contributed by atoms with Gasteiger partial charge in [-0.3, -0.25) is 0 Å². The molecule has 0 fully saturated rings. The van der Waals surface area contributed by atoms with Gasteiger partial charge in [0, 0.05) is 18.8 Å². The molecule has 0 spiro atoms. The number of hydrogen-bond acceptors (Lipinski definition) is 3. The average Bonchev–Trinajstić information content (AvgIpc) is 2.44. The van der Waals surface area contributed by atoms with Gasteiger partial charge in [-0.15, -0.1) is 0 Å². The molecule has 1 N–H and O–H groups in total. The predicted octanol–water partition coefficient (Wildman–Crippen LogP) is 4.05. The van der Waals surface area contributed by atoms with Crippen LogP contribution in [-0.2, 0) is 17.7 Å². The lowest BCUT2D eigenvalue weighted by Gasteiger charge is -2.31. The molecule has 0 bridgehead atoms. The molecule has 0 saturated carbocycles. The summed E-state index contributed by atoms with van der Waals surface area (Å²) in [5, 5.41) is 2.79. The number of ether oxygens (including phenoxy) is 1. The maximum atomic E-state index is 12.6. The van der Waals surface area contributed by atoms with Crippen molar-refractivity contribution in [2.24, 2.45) is 0 Å². The van der Waals surface area contributed by atoms with E-state index in [1.54, 1.807) is 11.0 Å². The second kappa shape index (κ2) is 6.72. The van der Waals surface area contributed by atoms with Crippen molar-refractivity contribution in [1.29, 1.82) is 0 Å². The number of fused-ring (bicyclic) bond motifs is 1. The number of nitrogens with one attached hydrogen (secondary N) is 1. The summed E-state index contributed by atoms with van der Waals surface area (Å²) >= 11 is 0. The van der Waals surface area contributed by atoms with E-state index in [0.717, 1.165) is 17.5 Å². The van der Waals surface area contributed by atoms with Gasteiger partial charge in [-0.05, 0) is 57.4 Å². The van der Waals surface area contributed by atoms with Crippen molar-refractivity contribution in [3.63, 3.8) is 0 Å². The minimum Gasteiger partial charge on any atom is -0.444 e. The smallest absolute Gasteiger partial charge is 0.410 e. The van der Waals surface area contributed by atoms with E-state index in [0.29, 0.717) is 18.8 Å². The molecule has 0 aliphatic carbocycles. The molecule has 1 atom stereocenters. The Bertz CT molecular complexity index is 570. The zero-order chi connectivity index (χ0) is 17.2. The number of carbonyl (C=O) groups is 1. The van der Waals surface area contributed by atoms with Crippen LogP contribution < -0.4 is 5.32 Å². The number of carbonyl (C=O) groups excluding carboxylic acids is 1. The number of rotatable bonds is 3. The lowest BCUT2D eigenvalue weighted by molar-refractivity contribution is 0.0224. The minimum atomic E-state index is -2.43. The third-order valence-corrected chi connectivity index (χ3v) is 3.64. The number of benzene rings is 1. The molecule has 1 unspecified atom stereocenters. The molecule has 1 aromatic carbocycles. The standard InChI is InChI=1S/C17H24F2N2O2/c1-11(15(18)19)20-14-6-5-12-7-8-21(10-13(12)9-14)16(22)23-17(2,3)4/h5-6,9,11,15,20H,7-8,10H2,1-4H3. The Morgan fingerprint density at radius 1 is 1.30 bits per heavy atom. The third-order valence-electron chi connectivity index (χ3n) is 3.64. The SMILES string of the molecule is CC(Nc1ccc2c(c1)CN(C(=O)OC(C)(C)C)CC2)C(F)F. The summed E-state index contributed by atoms with van der Waals surface area (Å²) in [5.41, 5.74) is 2.21. The summed E-state index contributed by atoms with van der Waals surface area (Å²) in [6.07, 6.45) is -2.04. The Morgan fingerprint density at radius 2 is 2.00 bits per heavy atom. The number of alkyl halides is 2. The molecule has 23 heavy (non-hydrogen) atoms. The van der Waals surface area contributed by atoms with E-state index >= 15 is 0 Å². The van der Waals surface area contributed by atoms with E-state index in [2.05, 4.69) is 5.32 Å². The maximum absolute atomic E-state index is 12.6. The highest BCUT2D eigenvalue weighted by atomic mass is 19.3. The Labute approximate surface area is 135 Å². The van der Waals surface area contributed by atoms with Gasteiger partial charge in [0.1, 0.15) is 5.60 Å². The number of nitrogens with zero attached hydrogens (tertiary/aromatic N) is 1. The molecule has 0 aromatic heterocycles. The van der Waals surface area contributed by atoms with Crippen molar-refractivity contribution in [3.8, 4) is 0 Å². The molecular weight excluding hydrogens is 302 g/mol. The Hall–Kier alpha value is -1.85. The second-order valence-electron chi connectivity index (χ2n) is 6.90. The molecule has 1 aliphatic heterocycles. The van der Waals surface area contributed by atoms with Crippen molar-refractivity contribution < 1.29 is 18.3 Å². The van der Waals surface area contributed by atoms with Gasteiger partial charge >= 0.3 is 6.09 Å². The quantitative estimate of drug-likeness (QED) is 0.911. The van der Waals surface area contributed by atoms with Crippen LogP contribution >= 0.6 is 0 Å². The van der Waals surface area contributed by atoms with Gasteiger partial charge in [-0.2, -0.15) is 0 Å². The summed E-state index contributed by atoms with van der Waals surface area (Å²) in [6.45, 7) is 7.96. The van der Waals surface area contributed by atoms with Crippen molar-refractivity contribution in [3.05, 3.63) is 29.3 Å². The van der Waals surface area contributed by atoms with E-state index < -0.39 is 18.1 Å². The maximum Gasteiger partial charge on any atom is 0.410 e. The highest BCUT2D eigenvalue weighted by molar-refractivity contribution is 5.69. The average molecular weight is 326 g/mol. The Balaban J connectivity index is 2.08. The van der Waals surface area contributed by atoms with E-state index in [4.69, 9.17) is 4.74 Å². The van der Waals surface area contributed by atoms with Crippen LogP contribution in [0.25, 0.3) is 0 Å². The van der Waals surface area contributed by atoms with Gasteiger partial charge in [0.2, 0.25) is 0 Å². The molecule has 1 aromatic rings. The van der Waals surface area contributed by atoms with Crippen LogP contribution in [0.15, 0.2) is 18.2 Å². The van der Waals surface area contributed by atoms with Gasteiger partial charge in [-0.1, -0.05) is 6.07 Å². The van der Waals surface area contributed by atoms with Crippen molar-refractivity contribution in [2.75, 3.05) is 11.9 Å². The normalized spacial score (nSPS) is 16.0. The third kappa shape index (κ3) is 4.81. The molecule has 1 heterocycles. The van der Waals surface area contributed by atoms with Gasteiger partial charge in [0.05, 0.1) is 6.04 Å². The molecule has 4 nitrogen and oxygen atoms in total. The van der Waals surface area contributed by atoms with Gasteiger partial charge in [-0.25, -0.2) is 13.6 Å². The molecule has 128 valence electrons. The first-order valence-corrected chi connectivity index (χ1v) is 7.80. The largest absolute Gasteiger partial charge is 0.444 e. The molecular formula is C17H24F2N2O2. The predicted molar refractivity (Wildman–Crippen MR) is 85.9 cm³/mol. The minimum absolute atomic E-state index is 0.345. The number of anilines is 1. The first kappa shape index (κ1) is 17.5. The summed E-state index contributed by atoms with van der Waals surface area (Å²) in [7, 11) is 0. The van der Waals surface area contributed by atoms with Crippen molar-refractivity contribution in [1.82, 2.24) is 4.90 Å². The van der Waals surface area contributed by atoms with Gasteiger partial charge in [0.25, 0.3) is 6.43 Å². The number of hydrogen-bond donors (Lipinski definition) is 1.